The largest absolute Gasteiger partial charge is 0.378 e. The molecule has 0 saturated heterocycles. The summed E-state index contributed by atoms with van der Waals surface area (Å²) >= 11 is 0. The van der Waals surface area contributed by atoms with Gasteiger partial charge in [-0.15, -0.1) is 0 Å². The molecule has 1 fully saturated rings. The van der Waals surface area contributed by atoms with Crippen LogP contribution in [-0.4, -0.2) is 12.7 Å². The number of hydrogen-bond acceptors (Lipinski definition) is 1. The second kappa shape index (κ2) is 19.7. The third-order valence-corrected chi connectivity index (χ3v) is 5.88. The summed E-state index contributed by atoms with van der Waals surface area (Å²) in [4.78, 5) is 0. The average Bonchev–Trinajstić information content (AvgIpc) is 2.93. The molecule has 1 rings (SSSR count). The van der Waals surface area contributed by atoms with Crippen LogP contribution in [0.5, 0.6) is 0 Å². The molecule has 154 valence electrons. The molecular weight excluding hydrogens is 316 g/mol. The van der Waals surface area contributed by atoms with Crippen LogP contribution in [0.25, 0.3) is 0 Å². The van der Waals surface area contributed by atoms with Gasteiger partial charge in [-0.1, -0.05) is 116 Å². The molecule has 0 aromatic carbocycles. The molecule has 1 atom stereocenters. The van der Waals surface area contributed by atoms with Crippen LogP contribution >= 0.6 is 0 Å². The first-order valence-corrected chi connectivity index (χ1v) is 12.2. The first-order valence-electron chi connectivity index (χ1n) is 12.2. The fraction of sp³-hybridized carbons (Fsp3) is 0.920. The maximum Gasteiger partial charge on any atom is 0.0575 e. The lowest BCUT2D eigenvalue weighted by Gasteiger charge is -2.15. The van der Waals surface area contributed by atoms with Crippen molar-refractivity contribution in [3.05, 3.63) is 13.3 Å². The number of ether oxygens (including phenoxy) is 1. The average molecular weight is 365 g/mol. The Bertz CT molecular complexity index is 255. The lowest BCUT2D eigenvalue weighted by atomic mass is 10.0. The summed E-state index contributed by atoms with van der Waals surface area (Å²) in [5.41, 5.74) is 0. The fourth-order valence-corrected chi connectivity index (χ4v) is 4.08. The van der Waals surface area contributed by atoms with Gasteiger partial charge < -0.3 is 4.74 Å². The molecule has 0 spiro atoms. The second-order valence-corrected chi connectivity index (χ2v) is 8.45. The molecule has 0 aromatic rings. The summed E-state index contributed by atoms with van der Waals surface area (Å²) in [5.74, 6) is 0. The van der Waals surface area contributed by atoms with Crippen LogP contribution in [-0.2, 0) is 4.74 Å². The molecule has 0 N–H and O–H groups in total. The SMILES string of the molecule is [CH2]CCCCCCCCCCCCCCCCCOC1CC[CH]CCC1. The molecule has 0 aromatic heterocycles. The maximum atomic E-state index is 6.06. The van der Waals surface area contributed by atoms with Gasteiger partial charge in [0.1, 0.15) is 0 Å². The fourth-order valence-electron chi connectivity index (χ4n) is 4.08. The van der Waals surface area contributed by atoms with Gasteiger partial charge in [0.15, 0.2) is 0 Å². The quantitative estimate of drug-likeness (QED) is 0.175. The van der Waals surface area contributed by atoms with Gasteiger partial charge >= 0.3 is 0 Å². The highest BCUT2D eigenvalue weighted by atomic mass is 16.5. The van der Waals surface area contributed by atoms with E-state index in [1.807, 2.05) is 0 Å². The van der Waals surface area contributed by atoms with E-state index in [9.17, 15) is 0 Å². The molecule has 1 saturated carbocycles. The molecule has 0 heterocycles. The van der Waals surface area contributed by atoms with Crippen molar-refractivity contribution in [2.45, 2.75) is 141 Å². The Balaban J connectivity index is 1.68. The summed E-state index contributed by atoms with van der Waals surface area (Å²) in [5, 5.41) is 0. The van der Waals surface area contributed by atoms with Crippen LogP contribution in [0.4, 0.5) is 0 Å². The van der Waals surface area contributed by atoms with Crippen molar-refractivity contribution < 1.29 is 4.74 Å². The molecule has 0 aliphatic heterocycles. The first-order chi connectivity index (χ1) is 12.9. The Hall–Kier alpha value is -0.0400. The topological polar surface area (TPSA) is 9.23 Å². The number of hydrogen-bond donors (Lipinski definition) is 0. The van der Waals surface area contributed by atoms with E-state index < -0.39 is 0 Å². The molecule has 0 bridgehead atoms. The van der Waals surface area contributed by atoms with Gasteiger partial charge in [-0.05, 0) is 32.1 Å². The summed E-state index contributed by atoms with van der Waals surface area (Å²) in [6.45, 7) is 4.91. The normalized spacial score (nSPS) is 16.0. The Morgan fingerprint density at radius 3 is 1.65 bits per heavy atom. The van der Waals surface area contributed by atoms with E-state index in [1.54, 1.807) is 0 Å². The van der Waals surface area contributed by atoms with Crippen LogP contribution in [0.3, 0.4) is 0 Å². The van der Waals surface area contributed by atoms with E-state index in [-0.39, 0.29) is 0 Å². The van der Waals surface area contributed by atoms with Crippen LogP contribution < -0.4 is 0 Å². The lowest BCUT2D eigenvalue weighted by molar-refractivity contribution is 0.0411. The van der Waals surface area contributed by atoms with Crippen molar-refractivity contribution >= 4 is 0 Å². The molecule has 1 aliphatic carbocycles. The van der Waals surface area contributed by atoms with Gasteiger partial charge in [0, 0.05) is 6.61 Å². The molecular formula is C25H48O. The van der Waals surface area contributed by atoms with Crippen molar-refractivity contribution in [2.75, 3.05) is 6.61 Å². The zero-order valence-corrected chi connectivity index (χ0v) is 17.8. The standard InChI is InChI=1S/C25H48O/c1-2-3-4-5-6-7-8-9-10-11-12-13-14-15-18-21-24-26-25-22-19-16-17-20-23-25/h16,25H,1-15,17-24H2. The molecule has 26 heavy (non-hydrogen) atoms. The van der Waals surface area contributed by atoms with Crippen molar-refractivity contribution in [3.63, 3.8) is 0 Å². The predicted octanol–water partition coefficient (Wildman–Crippen LogP) is 8.62. The Morgan fingerprint density at radius 2 is 1.12 bits per heavy atom. The van der Waals surface area contributed by atoms with Crippen LogP contribution in [0.2, 0.25) is 0 Å². The predicted molar refractivity (Wildman–Crippen MR) is 116 cm³/mol. The van der Waals surface area contributed by atoms with Gasteiger partial charge in [0.2, 0.25) is 0 Å². The van der Waals surface area contributed by atoms with E-state index in [1.165, 1.54) is 128 Å². The smallest absolute Gasteiger partial charge is 0.0575 e. The van der Waals surface area contributed by atoms with Gasteiger partial charge in [-0.25, -0.2) is 0 Å². The zero-order valence-electron chi connectivity index (χ0n) is 17.8. The Labute approximate surface area is 166 Å². The molecule has 1 aliphatic rings. The van der Waals surface area contributed by atoms with E-state index >= 15 is 0 Å². The minimum Gasteiger partial charge on any atom is -0.378 e. The third kappa shape index (κ3) is 16.2. The second-order valence-electron chi connectivity index (χ2n) is 8.45. The highest BCUT2D eigenvalue weighted by Gasteiger charge is 2.11. The van der Waals surface area contributed by atoms with Crippen LogP contribution in [0.15, 0.2) is 0 Å². The lowest BCUT2D eigenvalue weighted by Crippen LogP contribution is -2.12. The van der Waals surface area contributed by atoms with Crippen molar-refractivity contribution in [3.8, 4) is 0 Å². The summed E-state index contributed by atoms with van der Waals surface area (Å²) in [7, 11) is 0. The number of unbranched alkanes of at least 4 members (excludes halogenated alkanes) is 15. The zero-order chi connectivity index (χ0) is 18.5. The van der Waals surface area contributed by atoms with Crippen LogP contribution in [0, 0.1) is 13.3 Å². The third-order valence-electron chi connectivity index (χ3n) is 5.88. The van der Waals surface area contributed by atoms with Crippen LogP contribution in [0.1, 0.15) is 135 Å². The molecule has 1 heteroatoms. The maximum absolute atomic E-state index is 6.06. The highest BCUT2D eigenvalue weighted by molar-refractivity contribution is 4.74. The van der Waals surface area contributed by atoms with E-state index in [2.05, 4.69) is 13.3 Å². The Morgan fingerprint density at radius 1 is 0.615 bits per heavy atom. The summed E-state index contributed by atoms with van der Waals surface area (Å²) in [6, 6.07) is 0. The van der Waals surface area contributed by atoms with E-state index in [4.69, 9.17) is 4.74 Å². The van der Waals surface area contributed by atoms with Gasteiger partial charge in [0.25, 0.3) is 0 Å². The summed E-state index contributed by atoms with van der Waals surface area (Å²) < 4.78 is 6.06. The minimum atomic E-state index is 0.558. The van der Waals surface area contributed by atoms with Gasteiger partial charge in [-0.2, -0.15) is 0 Å². The molecule has 1 unspecified atom stereocenters. The molecule has 1 nitrogen and oxygen atoms in total. The summed E-state index contributed by atoms with van der Waals surface area (Å²) in [6.07, 6.45) is 31.9. The van der Waals surface area contributed by atoms with E-state index in [0.29, 0.717) is 6.10 Å². The highest BCUT2D eigenvalue weighted by Crippen LogP contribution is 2.19. The van der Waals surface area contributed by atoms with E-state index in [0.717, 1.165) is 13.0 Å². The molecule has 2 radical (unpaired) electrons. The number of rotatable bonds is 18. The van der Waals surface area contributed by atoms with Gasteiger partial charge in [-0.3, -0.25) is 0 Å². The first kappa shape index (κ1) is 24.0. The van der Waals surface area contributed by atoms with Crippen molar-refractivity contribution in [2.24, 2.45) is 0 Å². The Kier molecular flexibility index (Phi) is 18.2. The monoisotopic (exact) mass is 364 g/mol. The van der Waals surface area contributed by atoms with Crippen molar-refractivity contribution in [1.82, 2.24) is 0 Å². The van der Waals surface area contributed by atoms with Crippen molar-refractivity contribution in [1.29, 1.82) is 0 Å². The minimum absolute atomic E-state index is 0.558. The molecule has 0 amide bonds. The van der Waals surface area contributed by atoms with Gasteiger partial charge in [0.05, 0.1) is 6.10 Å².